The van der Waals surface area contributed by atoms with Crippen molar-refractivity contribution in [3.8, 4) is 0 Å². The Kier molecular flexibility index (Phi) is 9.83. The first-order chi connectivity index (χ1) is 23.0. The van der Waals surface area contributed by atoms with Gasteiger partial charge in [0.1, 0.15) is 11.5 Å². The number of hydrogen-bond acceptors (Lipinski definition) is 4. The minimum Gasteiger partial charge on any atom is -0.430 e. The van der Waals surface area contributed by atoms with Crippen LogP contribution in [0.1, 0.15) is 53.2 Å². The van der Waals surface area contributed by atoms with Crippen molar-refractivity contribution in [2.45, 2.75) is 38.3 Å². The summed E-state index contributed by atoms with van der Waals surface area (Å²) >= 11 is 0. The first-order valence-corrected chi connectivity index (χ1v) is 16.0. The van der Waals surface area contributed by atoms with E-state index in [1.807, 2.05) is 163 Å². The number of ether oxygens (including phenoxy) is 1. The van der Waals surface area contributed by atoms with Gasteiger partial charge in [0, 0.05) is 18.8 Å². The third kappa shape index (κ3) is 7.31. The first-order valence-electron chi connectivity index (χ1n) is 16.0. The highest BCUT2D eigenvalue weighted by atomic mass is 16.5. The monoisotopic (exact) mass is 619 g/mol. The van der Waals surface area contributed by atoms with E-state index < -0.39 is 24.0 Å². The molecule has 0 unspecified atom stereocenters. The van der Waals surface area contributed by atoms with Gasteiger partial charge in [-0.05, 0) is 27.8 Å². The lowest BCUT2D eigenvalue weighted by atomic mass is 9.79. The van der Waals surface area contributed by atoms with Gasteiger partial charge >= 0.3 is 5.97 Å². The summed E-state index contributed by atoms with van der Waals surface area (Å²) in [5.74, 6) is -0.824. The number of hydrogen-bond donors (Lipinski definition) is 0. The maximum atomic E-state index is 15.5. The molecule has 0 aliphatic carbocycles. The lowest BCUT2D eigenvalue weighted by Gasteiger charge is -2.45. The Balaban J connectivity index is 1.54. The smallest absolute Gasteiger partial charge is 0.315 e. The summed E-state index contributed by atoms with van der Waals surface area (Å²) in [6.45, 7) is 1.90. The van der Waals surface area contributed by atoms with Crippen LogP contribution < -0.4 is 0 Å². The number of Topliss-reactive ketones (excluding diaryl/α,β-unsaturated/α-hetero) is 1. The third-order valence-electron chi connectivity index (χ3n) is 8.76. The second kappa shape index (κ2) is 14.7. The zero-order chi connectivity index (χ0) is 32.6. The molecule has 0 saturated carbocycles. The molecule has 1 saturated heterocycles. The Labute approximate surface area is 276 Å². The average molecular weight is 620 g/mol. The number of likely N-dealkylation sites (tertiary alicyclic amines) is 1. The van der Waals surface area contributed by atoms with E-state index in [0.29, 0.717) is 11.1 Å². The molecule has 5 aromatic rings. The molecular formula is C42H37NO4. The molecule has 0 aromatic heterocycles. The highest BCUT2D eigenvalue weighted by molar-refractivity contribution is 6.21. The number of carbonyl (C=O) groups excluding carboxylic acids is 3. The summed E-state index contributed by atoms with van der Waals surface area (Å²) in [4.78, 5) is 44.5. The van der Waals surface area contributed by atoms with Gasteiger partial charge in [-0.3, -0.25) is 14.4 Å². The van der Waals surface area contributed by atoms with Crippen LogP contribution >= 0.6 is 0 Å². The van der Waals surface area contributed by atoms with Crippen LogP contribution in [0.15, 0.2) is 157 Å². The number of amides is 1. The molecule has 1 amide bonds. The highest BCUT2D eigenvalue weighted by Crippen LogP contribution is 2.45. The molecule has 0 N–H and O–H groups in total. The number of benzene rings is 5. The van der Waals surface area contributed by atoms with Crippen molar-refractivity contribution >= 4 is 23.2 Å². The molecule has 5 heteroatoms. The zero-order valence-electron chi connectivity index (χ0n) is 26.4. The fraction of sp³-hybridized carbons (Fsp3) is 0.167. The van der Waals surface area contributed by atoms with Crippen LogP contribution in [0, 0.1) is 5.92 Å². The molecule has 234 valence electrons. The van der Waals surface area contributed by atoms with Gasteiger partial charge in [0.05, 0.1) is 24.1 Å². The molecule has 0 bridgehead atoms. The number of ketones is 1. The molecule has 1 aliphatic heterocycles. The maximum Gasteiger partial charge on any atom is 0.315 e. The Morgan fingerprint density at radius 3 is 1.66 bits per heavy atom. The van der Waals surface area contributed by atoms with E-state index in [-0.39, 0.29) is 36.7 Å². The van der Waals surface area contributed by atoms with Crippen molar-refractivity contribution in [3.05, 3.63) is 185 Å². The Bertz CT molecular complexity index is 1840. The molecule has 1 heterocycles. The number of rotatable bonds is 9. The second-order valence-corrected chi connectivity index (χ2v) is 11.9. The molecule has 47 heavy (non-hydrogen) atoms. The normalized spacial score (nSPS) is 18.3. The Morgan fingerprint density at radius 2 is 1.11 bits per heavy atom. The lowest BCUT2D eigenvalue weighted by Crippen LogP contribution is -2.48. The molecule has 0 spiro atoms. The predicted molar refractivity (Wildman–Crippen MR) is 184 cm³/mol. The molecule has 3 atom stereocenters. The Hall–Kier alpha value is -5.55. The van der Waals surface area contributed by atoms with Gasteiger partial charge in [-0.1, -0.05) is 159 Å². The molecule has 1 fully saturated rings. The van der Waals surface area contributed by atoms with Crippen LogP contribution in [0.4, 0.5) is 0 Å². The van der Waals surface area contributed by atoms with Gasteiger partial charge < -0.3 is 9.64 Å². The summed E-state index contributed by atoms with van der Waals surface area (Å²) < 4.78 is 6.24. The summed E-state index contributed by atoms with van der Waals surface area (Å²) in [6, 6.07) is 46.9. The minimum atomic E-state index is -0.535. The van der Waals surface area contributed by atoms with E-state index in [9.17, 15) is 9.59 Å². The Morgan fingerprint density at radius 1 is 0.638 bits per heavy atom. The lowest BCUT2D eigenvalue weighted by molar-refractivity contribution is -0.142. The van der Waals surface area contributed by atoms with Gasteiger partial charge in [-0.15, -0.1) is 0 Å². The van der Waals surface area contributed by atoms with E-state index in [2.05, 4.69) is 0 Å². The zero-order valence-corrected chi connectivity index (χ0v) is 26.4. The van der Waals surface area contributed by atoms with Gasteiger partial charge in [-0.2, -0.15) is 0 Å². The van der Waals surface area contributed by atoms with Gasteiger partial charge in [0.2, 0.25) is 0 Å². The van der Waals surface area contributed by atoms with Crippen molar-refractivity contribution < 1.29 is 19.1 Å². The molecular weight excluding hydrogens is 582 g/mol. The quantitative estimate of drug-likeness (QED) is 0.0945. The summed E-state index contributed by atoms with van der Waals surface area (Å²) in [5.41, 5.74) is 4.41. The molecule has 0 radical (unpaired) electrons. The molecule has 5 aromatic carbocycles. The van der Waals surface area contributed by atoms with E-state index in [1.165, 1.54) is 0 Å². The van der Waals surface area contributed by atoms with Crippen LogP contribution in [-0.2, 0) is 32.0 Å². The van der Waals surface area contributed by atoms with Crippen molar-refractivity contribution in [1.29, 1.82) is 0 Å². The molecule has 1 aliphatic rings. The second-order valence-electron chi connectivity index (χ2n) is 11.9. The fourth-order valence-electron chi connectivity index (χ4n) is 6.44. The largest absolute Gasteiger partial charge is 0.430 e. The van der Waals surface area contributed by atoms with Crippen LogP contribution in [0.2, 0.25) is 0 Å². The van der Waals surface area contributed by atoms with Crippen molar-refractivity contribution in [2.75, 3.05) is 0 Å². The first kappa shape index (κ1) is 31.4. The average Bonchev–Trinajstić information content (AvgIpc) is 3.11. The topological polar surface area (TPSA) is 63.7 Å². The summed E-state index contributed by atoms with van der Waals surface area (Å²) in [6.07, 6.45) is 0.472. The van der Waals surface area contributed by atoms with Crippen LogP contribution in [0.3, 0.4) is 0 Å². The van der Waals surface area contributed by atoms with Gasteiger partial charge in [0.25, 0.3) is 5.91 Å². The molecule has 6 rings (SSSR count). The molecule has 5 nitrogen and oxygen atoms in total. The number of piperidine rings is 1. The SMILES string of the molecule is C[C@@H]1C(=O)C[C@@H](c2ccccc2)N(C(=O)/C(=C(/Cc2ccccc2)OC(=O)Cc2ccccc2)c2ccccc2)[C@H]1c1ccccc1. The van der Waals surface area contributed by atoms with Crippen LogP contribution in [-0.4, -0.2) is 22.6 Å². The van der Waals surface area contributed by atoms with Gasteiger partial charge in [-0.25, -0.2) is 0 Å². The standard InChI is InChI=1S/C42H37NO4/c1-30-37(44)29-36(33-21-11-4-12-22-33)43(41(30)35-25-15-6-16-26-35)42(46)40(34-23-13-5-14-24-34)38(27-31-17-7-2-8-18-31)47-39(45)28-32-19-9-3-10-20-32/h2-26,30,36,41H,27-29H2,1H3/b40-38-/t30-,36+,41-/m1/s1. The van der Waals surface area contributed by atoms with E-state index >= 15 is 4.79 Å². The minimum absolute atomic E-state index is 0.0594. The maximum absolute atomic E-state index is 15.5. The number of carbonyl (C=O) groups is 3. The predicted octanol–water partition coefficient (Wildman–Crippen LogP) is 8.35. The highest BCUT2D eigenvalue weighted by Gasteiger charge is 2.45. The van der Waals surface area contributed by atoms with Gasteiger partial charge in [0.15, 0.2) is 0 Å². The van der Waals surface area contributed by atoms with Crippen LogP contribution in [0.5, 0.6) is 0 Å². The van der Waals surface area contributed by atoms with Crippen molar-refractivity contribution in [1.82, 2.24) is 4.90 Å². The van der Waals surface area contributed by atoms with E-state index in [1.54, 1.807) is 0 Å². The van der Waals surface area contributed by atoms with Crippen molar-refractivity contribution in [3.63, 3.8) is 0 Å². The summed E-state index contributed by atoms with van der Waals surface area (Å²) in [5, 5.41) is 0. The summed E-state index contributed by atoms with van der Waals surface area (Å²) in [7, 11) is 0. The van der Waals surface area contributed by atoms with Crippen LogP contribution in [0.25, 0.3) is 5.57 Å². The van der Waals surface area contributed by atoms with Crippen molar-refractivity contribution in [2.24, 2.45) is 5.92 Å². The third-order valence-corrected chi connectivity index (χ3v) is 8.76. The fourth-order valence-corrected chi connectivity index (χ4v) is 6.44. The number of esters is 1. The van der Waals surface area contributed by atoms with E-state index in [4.69, 9.17) is 4.74 Å². The number of allylic oxidation sites excluding steroid dienone is 1. The number of nitrogens with zero attached hydrogens (tertiary/aromatic N) is 1. The van der Waals surface area contributed by atoms with E-state index in [0.717, 1.165) is 22.3 Å².